The van der Waals surface area contributed by atoms with Crippen LogP contribution < -0.4 is 0 Å². The maximum Gasteiger partial charge on any atom is 0.244 e. The number of halogens is 1. The molecule has 0 radical (unpaired) electrons. The Kier molecular flexibility index (Phi) is 5.48. The van der Waals surface area contributed by atoms with Gasteiger partial charge in [0.1, 0.15) is 6.07 Å². The van der Waals surface area contributed by atoms with E-state index in [-0.39, 0.29) is 16.5 Å². The van der Waals surface area contributed by atoms with Gasteiger partial charge in [0.05, 0.1) is 10.5 Å². The number of alkyl halides is 1. The van der Waals surface area contributed by atoms with Gasteiger partial charge in [-0.2, -0.15) is 9.57 Å². The molecular formula is C20H26ClN3O2S. The highest BCUT2D eigenvalue weighted by Crippen LogP contribution is 2.44. The van der Waals surface area contributed by atoms with E-state index in [1.807, 2.05) is 6.07 Å². The molecule has 0 aliphatic carbocycles. The number of sulfonamides is 1. The average Bonchev–Trinajstić information content (AvgIpc) is 2.70. The summed E-state index contributed by atoms with van der Waals surface area (Å²) in [4.78, 5) is 2.73. The smallest absolute Gasteiger partial charge is 0.244 e. The first kappa shape index (κ1) is 19.2. The Morgan fingerprint density at radius 1 is 1.19 bits per heavy atom. The van der Waals surface area contributed by atoms with Crippen LogP contribution in [0.1, 0.15) is 37.7 Å². The molecule has 4 rings (SSSR count). The van der Waals surface area contributed by atoms with Gasteiger partial charge in [-0.3, -0.25) is 4.90 Å². The summed E-state index contributed by atoms with van der Waals surface area (Å²) in [5.41, 5.74) is 0.221. The van der Waals surface area contributed by atoms with E-state index in [0.29, 0.717) is 36.7 Å². The van der Waals surface area contributed by atoms with Gasteiger partial charge in [0.15, 0.2) is 0 Å². The van der Waals surface area contributed by atoms with Gasteiger partial charge in [-0.25, -0.2) is 8.42 Å². The van der Waals surface area contributed by atoms with Gasteiger partial charge >= 0.3 is 0 Å². The Labute approximate surface area is 166 Å². The van der Waals surface area contributed by atoms with Gasteiger partial charge in [-0.05, 0) is 69.2 Å². The van der Waals surface area contributed by atoms with Gasteiger partial charge in [-0.15, -0.1) is 11.6 Å². The number of piperidine rings is 3. The van der Waals surface area contributed by atoms with Crippen molar-refractivity contribution in [2.75, 3.05) is 25.5 Å². The van der Waals surface area contributed by atoms with Crippen molar-refractivity contribution in [1.29, 1.82) is 5.26 Å². The third-order valence-electron chi connectivity index (χ3n) is 6.62. The van der Waals surface area contributed by atoms with Gasteiger partial charge in [0.25, 0.3) is 0 Å². The summed E-state index contributed by atoms with van der Waals surface area (Å²) < 4.78 is 28.9. The summed E-state index contributed by atoms with van der Waals surface area (Å²) >= 11 is 6.12. The first-order chi connectivity index (χ1) is 13.1. The van der Waals surface area contributed by atoms with Gasteiger partial charge in [-0.1, -0.05) is 12.1 Å². The normalized spacial score (nSPS) is 31.9. The van der Waals surface area contributed by atoms with Crippen LogP contribution in [0.15, 0.2) is 29.2 Å². The number of nitrogens with zero attached hydrogens (tertiary/aromatic N) is 3. The van der Waals surface area contributed by atoms with Crippen molar-refractivity contribution in [1.82, 2.24) is 9.21 Å². The minimum atomic E-state index is -3.73. The molecule has 0 unspecified atom stereocenters. The molecule has 3 aliphatic heterocycles. The molecule has 4 atom stereocenters. The van der Waals surface area contributed by atoms with E-state index in [4.69, 9.17) is 11.6 Å². The largest absolute Gasteiger partial charge is 0.300 e. The van der Waals surface area contributed by atoms with E-state index in [0.717, 1.165) is 38.8 Å². The topological polar surface area (TPSA) is 64.4 Å². The number of hydrogen-bond acceptors (Lipinski definition) is 4. The second-order valence-corrected chi connectivity index (χ2v) is 10.2. The molecule has 0 spiro atoms. The summed E-state index contributed by atoms with van der Waals surface area (Å²) in [7, 11) is -3.73. The van der Waals surface area contributed by atoms with Crippen LogP contribution >= 0.6 is 11.6 Å². The van der Waals surface area contributed by atoms with E-state index in [1.165, 1.54) is 0 Å². The Hall–Kier alpha value is -1.13. The minimum Gasteiger partial charge on any atom is -0.300 e. The minimum absolute atomic E-state index is 0.0820. The number of nitriles is 1. The molecule has 0 saturated carbocycles. The predicted molar refractivity (Wildman–Crippen MR) is 105 cm³/mol. The Morgan fingerprint density at radius 3 is 2.67 bits per heavy atom. The van der Waals surface area contributed by atoms with Gasteiger partial charge in [0.2, 0.25) is 10.0 Å². The first-order valence-electron chi connectivity index (χ1n) is 9.89. The van der Waals surface area contributed by atoms with Crippen LogP contribution in [-0.4, -0.2) is 55.2 Å². The zero-order valence-corrected chi connectivity index (χ0v) is 17.0. The lowest BCUT2D eigenvalue weighted by atomic mass is 9.70. The fourth-order valence-electron chi connectivity index (χ4n) is 5.61. The zero-order valence-electron chi connectivity index (χ0n) is 15.4. The Morgan fingerprint density at radius 2 is 1.93 bits per heavy atom. The van der Waals surface area contributed by atoms with Crippen LogP contribution in [0.4, 0.5) is 0 Å². The second-order valence-electron chi connectivity index (χ2n) is 7.96. The maximum absolute atomic E-state index is 13.6. The van der Waals surface area contributed by atoms with Gasteiger partial charge < -0.3 is 0 Å². The lowest BCUT2D eigenvalue weighted by Gasteiger charge is -2.57. The fourth-order valence-corrected chi connectivity index (χ4v) is 7.74. The molecule has 3 heterocycles. The Balaban J connectivity index is 1.75. The highest BCUT2D eigenvalue weighted by Gasteiger charge is 2.51. The third-order valence-corrected chi connectivity index (χ3v) is 8.79. The fraction of sp³-hybridized carbons (Fsp3) is 0.650. The summed E-state index contributed by atoms with van der Waals surface area (Å²) in [6.07, 6.45) is 5.06. The summed E-state index contributed by atoms with van der Waals surface area (Å²) in [5, 5.41) is 9.42. The van der Waals surface area contributed by atoms with Crippen LogP contribution in [-0.2, 0) is 10.0 Å². The van der Waals surface area contributed by atoms with Crippen LogP contribution in [0.5, 0.6) is 0 Å². The van der Waals surface area contributed by atoms with Crippen LogP contribution in [0.3, 0.4) is 0 Å². The summed E-state index contributed by atoms with van der Waals surface area (Å²) in [6, 6.07) is 9.00. The third kappa shape index (κ3) is 3.29. The lowest BCUT2D eigenvalue weighted by Crippen LogP contribution is -2.65. The highest BCUT2D eigenvalue weighted by molar-refractivity contribution is 7.89. The van der Waals surface area contributed by atoms with Crippen LogP contribution in [0.2, 0.25) is 0 Å². The molecule has 0 amide bonds. The quantitative estimate of drug-likeness (QED) is 0.719. The Bertz CT molecular complexity index is 836. The molecule has 146 valence electrons. The van der Waals surface area contributed by atoms with Crippen molar-refractivity contribution in [3.8, 4) is 6.07 Å². The van der Waals surface area contributed by atoms with Crippen LogP contribution in [0, 0.1) is 23.2 Å². The molecule has 5 nitrogen and oxygen atoms in total. The van der Waals surface area contributed by atoms with Crippen molar-refractivity contribution >= 4 is 21.6 Å². The molecule has 0 N–H and O–H groups in total. The zero-order chi connectivity index (χ0) is 19.0. The average molecular weight is 408 g/mol. The van der Waals surface area contributed by atoms with Gasteiger partial charge in [0, 0.05) is 24.5 Å². The van der Waals surface area contributed by atoms with E-state index in [2.05, 4.69) is 4.90 Å². The van der Waals surface area contributed by atoms with Crippen molar-refractivity contribution < 1.29 is 8.42 Å². The number of hydrogen-bond donors (Lipinski definition) is 0. The highest BCUT2D eigenvalue weighted by atomic mass is 35.5. The standard InChI is InChI=1S/C20H26ClN3O2S/c21-10-9-18-17-7-4-12-23-11-3-6-16(20(17)23)14-24(18)27(25,26)19-8-2-1-5-15(19)13-22/h1-2,5,8,16-18,20H,3-4,6-7,9-12,14H2/t16-,17+,18+,20-/m0/s1. The predicted octanol–water partition coefficient (Wildman–Crippen LogP) is 3.05. The molecule has 27 heavy (non-hydrogen) atoms. The molecule has 1 aromatic rings. The second kappa shape index (κ2) is 7.71. The summed E-state index contributed by atoms with van der Waals surface area (Å²) in [6.45, 7) is 2.81. The number of rotatable bonds is 4. The summed E-state index contributed by atoms with van der Waals surface area (Å²) in [5.74, 6) is 1.16. The van der Waals surface area contributed by atoms with E-state index < -0.39 is 10.0 Å². The molecule has 0 aromatic heterocycles. The molecule has 3 fully saturated rings. The van der Waals surface area contributed by atoms with Crippen molar-refractivity contribution in [2.24, 2.45) is 11.8 Å². The van der Waals surface area contributed by atoms with E-state index >= 15 is 0 Å². The SMILES string of the molecule is N#Cc1ccccc1S(=O)(=O)N1C[C@@H]2CCCN3CCC[C@@H]([C@H]23)[C@H]1CCCl. The molecular weight excluding hydrogens is 382 g/mol. The van der Waals surface area contributed by atoms with Crippen LogP contribution in [0.25, 0.3) is 0 Å². The van der Waals surface area contributed by atoms with Crippen molar-refractivity contribution in [3.63, 3.8) is 0 Å². The number of benzene rings is 1. The molecule has 3 aliphatic rings. The first-order valence-corrected chi connectivity index (χ1v) is 11.9. The van der Waals surface area contributed by atoms with E-state index in [1.54, 1.807) is 28.6 Å². The molecule has 7 heteroatoms. The molecule has 0 bridgehead atoms. The van der Waals surface area contributed by atoms with E-state index in [9.17, 15) is 13.7 Å². The maximum atomic E-state index is 13.6. The molecule has 3 saturated heterocycles. The van der Waals surface area contributed by atoms with Crippen molar-refractivity contribution in [3.05, 3.63) is 29.8 Å². The lowest BCUT2D eigenvalue weighted by molar-refractivity contribution is -0.0507. The van der Waals surface area contributed by atoms with Crippen molar-refractivity contribution in [2.45, 2.75) is 49.1 Å². The monoisotopic (exact) mass is 407 g/mol. The molecule has 1 aromatic carbocycles.